The minimum atomic E-state index is -1.46. The van der Waals surface area contributed by atoms with Crippen molar-refractivity contribution in [2.75, 3.05) is 0 Å². The van der Waals surface area contributed by atoms with Crippen LogP contribution in [0.4, 0.5) is 0 Å². The number of esters is 3. The van der Waals surface area contributed by atoms with Crippen LogP contribution < -0.4 is 4.74 Å². The average Bonchev–Trinajstić information content (AvgIpc) is 3.24. The van der Waals surface area contributed by atoms with E-state index in [4.69, 9.17) is 14.2 Å². The van der Waals surface area contributed by atoms with Crippen molar-refractivity contribution in [1.82, 2.24) is 4.98 Å². The lowest BCUT2D eigenvalue weighted by atomic mass is 10.0. The lowest BCUT2D eigenvalue weighted by Crippen LogP contribution is -2.40. The van der Waals surface area contributed by atoms with E-state index >= 15 is 0 Å². The van der Waals surface area contributed by atoms with Gasteiger partial charge in [0.25, 0.3) is 0 Å². The Morgan fingerprint density at radius 3 is 1.50 bits per heavy atom. The third-order valence-corrected chi connectivity index (χ3v) is 11.5. The van der Waals surface area contributed by atoms with Crippen LogP contribution in [0, 0.1) is 0 Å². The fourth-order valence-electron chi connectivity index (χ4n) is 7.51. The molecule has 0 bridgehead atoms. The first-order valence-electron chi connectivity index (χ1n) is 23.9. The lowest BCUT2D eigenvalue weighted by molar-refractivity contribution is -0.167. The number of pyridine rings is 1. The van der Waals surface area contributed by atoms with Crippen LogP contribution in [-0.4, -0.2) is 34.6 Å². The smallest absolute Gasteiger partial charge is 0.350 e. The fourth-order valence-corrected chi connectivity index (χ4v) is 7.51. The summed E-state index contributed by atoms with van der Waals surface area (Å²) in [5.74, 6) is -1.53. The zero-order chi connectivity index (χ0) is 43.3. The van der Waals surface area contributed by atoms with Gasteiger partial charge in [-0.1, -0.05) is 179 Å². The van der Waals surface area contributed by atoms with E-state index in [9.17, 15) is 14.4 Å². The third kappa shape index (κ3) is 21.0. The maximum atomic E-state index is 12.9. The Hall–Kier alpha value is -4.00. The number of hydrogen-bond donors (Lipinski definition) is 0. The van der Waals surface area contributed by atoms with E-state index in [2.05, 4.69) is 43.1 Å². The second kappa shape index (κ2) is 30.1. The molecule has 0 saturated heterocycles. The molecule has 3 aromatic rings. The maximum absolute atomic E-state index is 12.9. The molecule has 60 heavy (non-hydrogen) atoms. The summed E-state index contributed by atoms with van der Waals surface area (Å²) in [7, 11) is 0. The van der Waals surface area contributed by atoms with Crippen LogP contribution in [0.1, 0.15) is 221 Å². The largest absolute Gasteiger partial charge is 0.460 e. The number of rotatable bonds is 33. The topological polar surface area (TPSA) is 91.8 Å². The Morgan fingerprint density at radius 2 is 1.02 bits per heavy atom. The van der Waals surface area contributed by atoms with E-state index in [-0.39, 0.29) is 17.4 Å². The highest BCUT2D eigenvalue weighted by Gasteiger charge is 2.35. The Labute approximate surface area is 364 Å². The summed E-state index contributed by atoms with van der Waals surface area (Å²) >= 11 is 0. The van der Waals surface area contributed by atoms with E-state index in [0.29, 0.717) is 5.56 Å². The van der Waals surface area contributed by atoms with Crippen LogP contribution in [0.3, 0.4) is 0 Å². The van der Waals surface area contributed by atoms with E-state index in [0.717, 1.165) is 36.9 Å². The highest BCUT2D eigenvalue weighted by Crippen LogP contribution is 2.23. The molecule has 3 rings (SSSR count). The van der Waals surface area contributed by atoms with Crippen LogP contribution in [0.2, 0.25) is 0 Å². The predicted molar refractivity (Wildman–Crippen MR) is 247 cm³/mol. The molecule has 7 heteroatoms. The molecule has 1 heterocycles. The molecule has 0 unspecified atom stereocenters. The number of aryl methyl sites for hydroxylation is 1. The molecule has 0 amide bonds. The van der Waals surface area contributed by atoms with Gasteiger partial charge in [0, 0.05) is 11.8 Å². The molecule has 2 aromatic carbocycles. The molecule has 0 fully saturated rings. The summed E-state index contributed by atoms with van der Waals surface area (Å²) in [5.41, 5.74) is 2.21. The van der Waals surface area contributed by atoms with Crippen molar-refractivity contribution < 1.29 is 28.6 Å². The van der Waals surface area contributed by atoms with Crippen molar-refractivity contribution in [3.63, 3.8) is 0 Å². The molecule has 0 spiro atoms. The monoisotopic (exact) mass is 826 g/mol. The molecule has 332 valence electrons. The Bertz CT molecular complexity index is 1600. The van der Waals surface area contributed by atoms with Crippen LogP contribution in [-0.2, 0) is 20.7 Å². The van der Waals surface area contributed by atoms with Gasteiger partial charge in [0.15, 0.2) is 0 Å². The minimum absolute atomic E-state index is 0.227. The first kappa shape index (κ1) is 50.4. The van der Waals surface area contributed by atoms with E-state index < -0.39 is 23.5 Å². The Kier molecular flexibility index (Phi) is 25.3. The van der Waals surface area contributed by atoms with Gasteiger partial charge in [0.05, 0.1) is 22.9 Å². The predicted octanol–water partition coefficient (Wildman–Crippen LogP) is 15.2. The van der Waals surface area contributed by atoms with E-state index in [1.165, 1.54) is 191 Å². The standard InChI is InChI=1S/C53H79NO6/c1-6-8-10-12-14-16-17-18-19-20-21-22-23-25-27-29-31-44-32-34-45(35-33-44)49-41-38-47(42-54-49)50(55)59-48-39-36-46(37-40-48)51(56)60-53(4,5)52(57)58-43(3)30-28-26-24-15-13-11-9-7-2/h32-43H,6-31H2,1-5H3/t43-/m0/s1. The Balaban J connectivity index is 1.30. The molecular weight excluding hydrogens is 747 g/mol. The number of aromatic nitrogens is 1. The molecule has 0 saturated carbocycles. The van der Waals surface area contributed by atoms with Crippen molar-refractivity contribution in [2.24, 2.45) is 0 Å². The van der Waals surface area contributed by atoms with Gasteiger partial charge < -0.3 is 14.2 Å². The first-order chi connectivity index (χ1) is 29.1. The number of carbonyl (C=O) groups is 3. The van der Waals surface area contributed by atoms with E-state index in [1.807, 2.05) is 13.0 Å². The van der Waals surface area contributed by atoms with Crippen molar-refractivity contribution in [2.45, 2.75) is 213 Å². The van der Waals surface area contributed by atoms with Gasteiger partial charge in [0.2, 0.25) is 5.60 Å². The second-order valence-corrected chi connectivity index (χ2v) is 17.5. The highest BCUT2D eigenvalue weighted by atomic mass is 16.6. The quantitative estimate of drug-likeness (QED) is 0.0343. The summed E-state index contributed by atoms with van der Waals surface area (Å²) in [6.07, 6.45) is 34.9. The zero-order valence-corrected chi connectivity index (χ0v) is 38.2. The van der Waals surface area contributed by atoms with Gasteiger partial charge >= 0.3 is 17.9 Å². The summed E-state index contributed by atoms with van der Waals surface area (Å²) in [6, 6.07) is 18.1. The highest BCUT2D eigenvalue weighted by molar-refractivity contribution is 5.93. The molecular formula is C53H79NO6. The van der Waals surface area contributed by atoms with Gasteiger partial charge in [-0.05, 0) is 88.4 Å². The van der Waals surface area contributed by atoms with Crippen molar-refractivity contribution in [3.8, 4) is 17.0 Å². The molecule has 7 nitrogen and oxygen atoms in total. The van der Waals surface area contributed by atoms with Crippen LogP contribution >= 0.6 is 0 Å². The molecule has 0 aliphatic rings. The van der Waals surface area contributed by atoms with Gasteiger partial charge in [-0.25, -0.2) is 14.4 Å². The number of ether oxygens (including phenoxy) is 3. The molecule has 0 radical (unpaired) electrons. The maximum Gasteiger partial charge on any atom is 0.350 e. The average molecular weight is 826 g/mol. The second-order valence-electron chi connectivity index (χ2n) is 17.5. The lowest BCUT2D eigenvalue weighted by Gasteiger charge is -2.25. The zero-order valence-electron chi connectivity index (χ0n) is 38.2. The molecule has 0 aliphatic carbocycles. The number of unbranched alkanes of at least 4 members (excludes halogenated alkanes) is 22. The van der Waals surface area contributed by atoms with Gasteiger partial charge in [-0.2, -0.15) is 0 Å². The van der Waals surface area contributed by atoms with Crippen LogP contribution in [0.15, 0.2) is 66.9 Å². The number of benzene rings is 2. The summed E-state index contributed by atoms with van der Waals surface area (Å²) in [6.45, 7) is 9.45. The van der Waals surface area contributed by atoms with Crippen molar-refractivity contribution in [1.29, 1.82) is 0 Å². The molecule has 0 N–H and O–H groups in total. The molecule has 1 aromatic heterocycles. The Morgan fingerprint density at radius 1 is 0.550 bits per heavy atom. The van der Waals surface area contributed by atoms with Crippen molar-refractivity contribution in [3.05, 3.63) is 83.6 Å². The minimum Gasteiger partial charge on any atom is -0.460 e. The van der Waals surface area contributed by atoms with Gasteiger partial charge in [0.1, 0.15) is 5.75 Å². The van der Waals surface area contributed by atoms with Crippen LogP contribution in [0.5, 0.6) is 5.75 Å². The van der Waals surface area contributed by atoms with Gasteiger partial charge in [-0.15, -0.1) is 0 Å². The molecule has 0 aliphatic heterocycles. The SMILES string of the molecule is CCCCCCCCCCCCCCCCCCc1ccc(-c2ccc(C(=O)Oc3ccc(C(=O)OC(C)(C)C(=O)O[C@@H](C)CCCCCCCCCC)cc3)cn2)cc1. The summed E-state index contributed by atoms with van der Waals surface area (Å²) < 4.78 is 16.7. The first-order valence-corrected chi connectivity index (χ1v) is 23.9. The van der Waals surface area contributed by atoms with E-state index in [1.54, 1.807) is 6.07 Å². The number of hydrogen-bond acceptors (Lipinski definition) is 7. The molecule has 1 atom stereocenters. The fraction of sp³-hybridized carbons (Fsp3) is 0.623. The number of carbonyl (C=O) groups excluding carboxylic acids is 3. The van der Waals surface area contributed by atoms with Crippen LogP contribution in [0.25, 0.3) is 11.3 Å². The summed E-state index contributed by atoms with van der Waals surface area (Å²) in [4.78, 5) is 43.2. The number of nitrogens with zero attached hydrogens (tertiary/aromatic N) is 1. The summed E-state index contributed by atoms with van der Waals surface area (Å²) in [5, 5.41) is 0. The third-order valence-electron chi connectivity index (χ3n) is 11.5. The van der Waals surface area contributed by atoms with Gasteiger partial charge in [-0.3, -0.25) is 4.98 Å². The van der Waals surface area contributed by atoms with Crippen molar-refractivity contribution >= 4 is 17.9 Å². The normalized spacial score (nSPS) is 11.9.